The van der Waals surface area contributed by atoms with E-state index in [1.54, 1.807) is 18.0 Å². The van der Waals surface area contributed by atoms with E-state index in [0.717, 1.165) is 34.6 Å². The van der Waals surface area contributed by atoms with Crippen LogP contribution in [0.25, 0.3) is 5.65 Å². The zero-order chi connectivity index (χ0) is 15.6. The van der Waals surface area contributed by atoms with Gasteiger partial charge in [0, 0.05) is 40.5 Å². The molecule has 2 aromatic heterocycles. The molecule has 0 unspecified atom stereocenters. The van der Waals surface area contributed by atoms with Crippen LogP contribution in [0.3, 0.4) is 0 Å². The lowest BCUT2D eigenvalue weighted by molar-refractivity contribution is 0.894. The second-order valence-corrected chi connectivity index (χ2v) is 7.14. The highest BCUT2D eigenvalue weighted by Crippen LogP contribution is 2.39. The summed E-state index contributed by atoms with van der Waals surface area (Å²) in [4.78, 5) is 5.60. The number of hydrogen-bond donors (Lipinski definition) is 1. The zero-order valence-electron chi connectivity index (χ0n) is 12.4. The Morgan fingerprint density at radius 3 is 2.83 bits per heavy atom. The number of nitrogens with zero attached hydrogens (tertiary/aromatic N) is 4. The Kier molecular flexibility index (Phi) is 4.10. The Labute approximate surface area is 143 Å². The van der Waals surface area contributed by atoms with E-state index in [4.69, 9.17) is 11.6 Å². The Hall–Kier alpha value is -1.79. The van der Waals surface area contributed by atoms with Crippen molar-refractivity contribution < 1.29 is 0 Å². The zero-order valence-corrected chi connectivity index (χ0v) is 14.0. The number of halogens is 1. The first-order valence-corrected chi connectivity index (χ1v) is 8.99. The van der Waals surface area contributed by atoms with Crippen molar-refractivity contribution in [2.45, 2.75) is 23.7 Å². The number of hydrogen-bond acceptors (Lipinski definition) is 5. The van der Waals surface area contributed by atoms with Gasteiger partial charge >= 0.3 is 0 Å². The molecule has 4 rings (SSSR count). The van der Waals surface area contributed by atoms with Crippen molar-refractivity contribution in [2.75, 3.05) is 17.6 Å². The summed E-state index contributed by atoms with van der Waals surface area (Å²) >= 11 is 7.67. The molecule has 23 heavy (non-hydrogen) atoms. The molecule has 1 N–H and O–H groups in total. The Bertz CT molecular complexity index is 813. The fraction of sp³-hybridized carbons (Fsp3) is 0.312. The van der Waals surface area contributed by atoms with E-state index in [0.29, 0.717) is 5.92 Å². The van der Waals surface area contributed by atoms with Crippen LogP contribution in [0.5, 0.6) is 0 Å². The van der Waals surface area contributed by atoms with Gasteiger partial charge in [-0.3, -0.25) is 4.40 Å². The van der Waals surface area contributed by atoms with E-state index in [-0.39, 0.29) is 0 Å². The van der Waals surface area contributed by atoms with E-state index in [2.05, 4.69) is 24.9 Å². The van der Waals surface area contributed by atoms with Gasteiger partial charge in [0.25, 0.3) is 0 Å². The average Bonchev–Trinajstić information content (AvgIpc) is 3.32. The normalized spacial score (nSPS) is 14.3. The van der Waals surface area contributed by atoms with Gasteiger partial charge in [-0.05, 0) is 37.1 Å². The molecule has 0 radical (unpaired) electrons. The molecule has 0 atom stereocenters. The van der Waals surface area contributed by atoms with Crippen LogP contribution in [0, 0.1) is 0 Å². The molecule has 5 nitrogen and oxygen atoms in total. The van der Waals surface area contributed by atoms with Gasteiger partial charge in [-0.25, -0.2) is 4.98 Å². The first kappa shape index (κ1) is 14.8. The summed E-state index contributed by atoms with van der Waals surface area (Å²) in [6.07, 6.45) is 6.17. The van der Waals surface area contributed by atoms with Crippen LogP contribution < -0.4 is 5.32 Å². The minimum absolute atomic E-state index is 0.570. The molecule has 0 saturated heterocycles. The summed E-state index contributed by atoms with van der Waals surface area (Å²) in [6.45, 7) is 0.811. The highest BCUT2D eigenvalue weighted by atomic mass is 35.5. The second kappa shape index (κ2) is 6.37. The highest BCUT2D eigenvalue weighted by Gasteiger charge is 2.29. The number of aromatic nitrogens is 4. The van der Waals surface area contributed by atoms with Crippen LogP contribution in [0.4, 0.5) is 5.82 Å². The maximum Gasteiger partial charge on any atom is 0.203 e. The highest BCUT2D eigenvalue weighted by molar-refractivity contribution is 7.99. The molecular formula is C16H16ClN5S. The molecule has 2 heterocycles. The maximum absolute atomic E-state index is 5.89. The number of fused-ring (bicyclic) bond motifs is 1. The molecule has 118 valence electrons. The van der Waals surface area contributed by atoms with Gasteiger partial charge < -0.3 is 5.32 Å². The minimum atomic E-state index is 0.570. The fourth-order valence-electron chi connectivity index (χ4n) is 2.46. The van der Waals surface area contributed by atoms with Gasteiger partial charge in [0.2, 0.25) is 5.65 Å². The predicted octanol–water partition coefficient (Wildman–Crippen LogP) is 3.86. The van der Waals surface area contributed by atoms with Gasteiger partial charge in [-0.2, -0.15) is 0 Å². The van der Waals surface area contributed by atoms with Crippen molar-refractivity contribution in [3.05, 3.63) is 47.5 Å². The Morgan fingerprint density at radius 2 is 2.04 bits per heavy atom. The number of anilines is 1. The molecule has 0 amide bonds. The largest absolute Gasteiger partial charge is 0.366 e. The SMILES string of the molecule is Clc1ccc(SCCNc2nccn3c(C4CC4)nnc23)cc1. The van der Waals surface area contributed by atoms with Crippen molar-refractivity contribution in [1.82, 2.24) is 19.6 Å². The summed E-state index contributed by atoms with van der Waals surface area (Å²) in [5.41, 5.74) is 0.811. The Morgan fingerprint density at radius 1 is 1.22 bits per heavy atom. The minimum Gasteiger partial charge on any atom is -0.366 e. The van der Waals surface area contributed by atoms with Crippen LogP contribution >= 0.6 is 23.4 Å². The summed E-state index contributed by atoms with van der Waals surface area (Å²) < 4.78 is 2.05. The third-order valence-electron chi connectivity index (χ3n) is 3.77. The van der Waals surface area contributed by atoms with E-state index in [9.17, 15) is 0 Å². The molecular weight excluding hydrogens is 330 g/mol. The molecule has 3 aromatic rings. The Balaban J connectivity index is 1.39. The first-order chi connectivity index (χ1) is 11.3. The average molecular weight is 346 g/mol. The lowest BCUT2D eigenvalue weighted by atomic mass is 10.4. The van der Waals surface area contributed by atoms with E-state index in [1.165, 1.54) is 17.7 Å². The molecule has 1 saturated carbocycles. The predicted molar refractivity (Wildman–Crippen MR) is 93.4 cm³/mol. The maximum atomic E-state index is 5.89. The second-order valence-electron chi connectivity index (χ2n) is 5.53. The quantitative estimate of drug-likeness (QED) is 0.543. The first-order valence-electron chi connectivity index (χ1n) is 7.63. The third kappa shape index (κ3) is 3.28. The molecule has 1 fully saturated rings. The van der Waals surface area contributed by atoms with Crippen molar-refractivity contribution >= 4 is 34.8 Å². The van der Waals surface area contributed by atoms with Crippen molar-refractivity contribution in [1.29, 1.82) is 0 Å². The summed E-state index contributed by atoms with van der Waals surface area (Å²) in [6, 6.07) is 7.89. The summed E-state index contributed by atoms with van der Waals surface area (Å²) in [5.74, 6) is 3.36. The van der Waals surface area contributed by atoms with Crippen molar-refractivity contribution in [3.8, 4) is 0 Å². The molecule has 0 aliphatic heterocycles. The van der Waals surface area contributed by atoms with Crippen LogP contribution in [-0.2, 0) is 0 Å². The third-order valence-corrected chi connectivity index (χ3v) is 5.04. The smallest absolute Gasteiger partial charge is 0.203 e. The number of thioether (sulfide) groups is 1. The van der Waals surface area contributed by atoms with E-state index < -0.39 is 0 Å². The molecule has 1 aromatic carbocycles. The van der Waals surface area contributed by atoms with Crippen LogP contribution in [0.1, 0.15) is 24.6 Å². The molecule has 7 heteroatoms. The van der Waals surface area contributed by atoms with Crippen LogP contribution in [-0.4, -0.2) is 31.9 Å². The van der Waals surface area contributed by atoms with Gasteiger partial charge in [0.1, 0.15) is 5.82 Å². The lowest BCUT2D eigenvalue weighted by Gasteiger charge is -2.06. The molecule has 1 aliphatic rings. The number of nitrogens with one attached hydrogen (secondary N) is 1. The van der Waals surface area contributed by atoms with Gasteiger partial charge in [0.05, 0.1) is 0 Å². The van der Waals surface area contributed by atoms with E-state index in [1.807, 2.05) is 30.5 Å². The monoisotopic (exact) mass is 345 g/mol. The van der Waals surface area contributed by atoms with Crippen molar-refractivity contribution in [3.63, 3.8) is 0 Å². The lowest BCUT2D eigenvalue weighted by Crippen LogP contribution is -2.07. The number of rotatable bonds is 6. The fourth-order valence-corrected chi connectivity index (χ4v) is 3.35. The summed E-state index contributed by atoms with van der Waals surface area (Å²) in [5, 5.41) is 12.7. The topological polar surface area (TPSA) is 55.1 Å². The number of benzene rings is 1. The standard InChI is InChI=1S/C16H16ClN5S/c17-12-3-5-13(6-4-12)23-10-8-19-14-16-21-20-15(11-1-2-11)22(16)9-7-18-14/h3-7,9,11H,1-2,8,10H2,(H,18,19). The van der Waals surface area contributed by atoms with E-state index >= 15 is 0 Å². The molecule has 0 spiro atoms. The van der Waals surface area contributed by atoms with Gasteiger partial charge in [0.15, 0.2) is 5.82 Å². The van der Waals surface area contributed by atoms with Crippen molar-refractivity contribution in [2.24, 2.45) is 0 Å². The van der Waals surface area contributed by atoms with Gasteiger partial charge in [-0.15, -0.1) is 22.0 Å². The molecule has 0 bridgehead atoms. The van der Waals surface area contributed by atoms with Crippen LogP contribution in [0.15, 0.2) is 41.6 Å². The summed E-state index contributed by atoms with van der Waals surface area (Å²) in [7, 11) is 0. The van der Waals surface area contributed by atoms with Crippen LogP contribution in [0.2, 0.25) is 5.02 Å². The van der Waals surface area contributed by atoms with Gasteiger partial charge in [-0.1, -0.05) is 11.6 Å². The molecule has 1 aliphatic carbocycles.